The minimum absolute atomic E-state index is 0.0536. The highest BCUT2D eigenvalue weighted by Crippen LogP contribution is 2.19. The summed E-state index contributed by atoms with van der Waals surface area (Å²) in [6, 6.07) is 0. The summed E-state index contributed by atoms with van der Waals surface area (Å²) in [4.78, 5) is 11.3. The van der Waals surface area contributed by atoms with Gasteiger partial charge in [0.1, 0.15) is 0 Å². The van der Waals surface area contributed by atoms with E-state index in [-0.39, 0.29) is 5.91 Å². The number of nitrogens with one attached hydrogen (secondary N) is 1. The molecule has 0 saturated heterocycles. The molecule has 0 aromatic carbocycles. The fourth-order valence-electron chi connectivity index (χ4n) is 1.58. The van der Waals surface area contributed by atoms with Crippen molar-refractivity contribution in [3.8, 4) is 0 Å². The summed E-state index contributed by atoms with van der Waals surface area (Å²) < 4.78 is 4.82. The average Bonchev–Trinajstić information content (AvgIpc) is 2.29. The van der Waals surface area contributed by atoms with Crippen LogP contribution in [0.4, 0.5) is 0 Å². The van der Waals surface area contributed by atoms with Gasteiger partial charge in [0.2, 0.25) is 5.91 Å². The van der Waals surface area contributed by atoms with E-state index >= 15 is 0 Å². The van der Waals surface area contributed by atoms with Gasteiger partial charge in [-0.2, -0.15) is 0 Å². The zero-order valence-electron chi connectivity index (χ0n) is 9.82. The summed E-state index contributed by atoms with van der Waals surface area (Å²) in [5.74, 6) is 0.0536. The van der Waals surface area contributed by atoms with Crippen LogP contribution < -0.4 is 5.32 Å². The summed E-state index contributed by atoms with van der Waals surface area (Å²) >= 11 is 0. The van der Waals surface area contributed by atoms with Crippen molar-refractivity contribution in [1.82, 2.24) is 5.32 Å². The molecular weight excluding hydrogens is 206 g/mol. The molecule has 1 aliphatic carbocycles. The largest absolute Gasteiger partial charge is 0.364 e. The lowest BCUT2D eigenvalue weighted by Gasteiger charge is -2.18. The molecule has 4 nitrogen and oxygen atoms in total. The van der Waals surface area contributed by atoms with Crippen molar-refractivity contribution < 1.29 is 14.6 Å². The number of hydrogen-bond acceptors (Lipinski definition) is 3. The molecule has 1 unspecified atom stereocenters. The lowest BCUT2D eigenvalue weighted by Crippen LogP contribution is -2.24. The molecule has 16 heavy (non-hydrogen) atoms. The number of aliphatic hydroxyl groups excluding tert-OH is 1. The molecule has 0 radical (unpaired) electrons. The van der Waals surface area contributed by atoms with Crippen molar-refractivity contribution in [3.63, 3.8) is 0 Å². The summed E-state index contributed by atoms with van der Waals surface area (Å²) in [5, 5.41) is 12.3. The van der Waals surface area contributed by atoms with E-state index in [9.17, 15) is 9.90 Å². The minimum Gasteiger partial charge on any atom is -0.364 e. The normalized spacial score (nSPS) is 17.4. The molecule has 0 heterocycles. The molecule has 0 fully saturated rings. The first-order valence-electron chi connectivity index (χ1n) is 5.57. The van der Waals surface area contributed by atoms with Crippen molar-refractivity contribution in [3.05, 3.63) is 23.4 Å². The van der Waals surface area contributed by atoms with Gasteiger partial charge in [-0.1, -0.05) is 13.0 Å². The monoisotopic (exact) mass is 225 g/mol. The molecule has 1 rings (SSSR count). The van der Waals surface area contributed by atoms with E-state index in [0.717, 1.165) is 24.1 Å². The van der Waals surface area contributed by atoms with Crippen LogP contribution in [0, 0.1) is 0 Å². The Hall–Kier alpha value is -1.13. The number of hydrogen-bond donors (Lipinski definition) is 2. The van der Waals surface area contributed by atoms with Crippen molar-refractivity contribution >= 4 is 5.91 Å². The second-order valence-corrected chi connectivity index (χ2v) is 3.82. The molecular formula is C12H19NO3. The van der Waals surface area contributed by atoms with Gasteiger partial charge in [-0.15, -0.1) is 0 Å². The number of allylic oxidation sites excluding steroid dienone is 3. The van der Waals surface area contributed by atoms with Crippen LogP contribution in [0.3, 0.4) is 0 Å². The molecule has 0 bridgehead atoms. The lowest BCUT2D eigenvalue weighted by atomic mass is 10.0. The van der Waals surface area contributed by atoms with E-state index in [1.165, 1.54) is 7.11 Å². The van der Waals surface area contributed by atoms with Crippen molar-refractivity contribution in [2.75, 3.05) is 7.11 Å². The van der Waals surface area contributed by atoms with Gasteiger partial charge in [0.25, 0.3) is 0 Å². The Bertz CT molecular complexity index is 307. The first-order valence-corrected chi connectivity index (χ1v) is 5.57. The van der Waals surface area contributed by atoms with Gasteiger partial charge in [-0.05, 0) is 30.9 Å². The molecule has 90 valence electrons. The first-order chi connectivity index (χ1) is 7.67. The number of ether oxygens (including phenoxy) is 1. The fourth-order valence-corrected chi connectivity index (χ4v) is 1.58. The van der Waals surface area contributed by atoms with E-state index in [1.54, 1.807) is 6.08 Å². The van der Waals surface area contributed by atoms with Crippen molar-refractivity contribution in [2.24, 2.45) is 0 Å². The Morgan fingerprint density at radius 1 is 1.56 bits per heavy atom. The average molecular weight is 225 g/mol. The number of amides is 1. The third-order valence-corrected chi connectivity index (χ3v) is 2.50. The first kappa shape index (κ1) is 12.9. The topological polar surface area (TPSA) is 58.6 Å². The number of rotatable bonds is 5. The zero-order chi connectivity index (χ0) is 12.0. The van der Waals surface area contributed by atoms with Crippen LogP contribution >= 0.6 is 0 Å². The molecule has 1 atom stereocenters. The third-order valence-electron chi connectivity index (χ3n) is 2.50. The summed E-state index contributed by atoms with van der Waals surface area (Å²) in [6.45, 7) is 1.97. The van der Waals surface area contributed by atoms with Crippen LogP contribution in [0.5, 0.6) is 0 Å². The van der Waals surface area contributed by atoms with Crippen LogP contribution in [0.2, 0.25) is 0 Å². The van der Waals surface area contributed by atoms with Gasteiger partial charge < -0.3 is 15.2 Å². The zero-order valence-corrected chi connectivity index (χ0v) is 9.82. The number of carbonyl (C=O) groups is 1. The summed E-state index contributed by atoms with van der Waals surface area (Å²) in [5.41, 5.74) is 1.75. The van der Waals surface area contributed by atoms with E-state index < -0.39 is 6.29 Å². The molecule has 1 aliphatic rings. The van der Waals surface area contributed by atoms with Crippen LogP contribution in [-0.2, 0) is 9.53 Å². The molecule has 0 spiro atoms. The Morgan fingerprint density at radius 2 is 2.31 bits per heavy atom. The quantitative estimate of drug-likeness (QED) is 0.697. The maximum absolute atomic E-state index is 11.3. The van der Waals surface area contributed by atoms with Gasteiger partial charge in [0, 0.05) is 19.2 Å². The smallest absolute Gasteiger partial charge is 0.224 e. The molecule has 0 aromatic rings. The maximum atomic E-state index is 11.3. The second-order valence-electron chi connectivity index (χ2n) is 3.82. The van der Waals surface area contributed by atoms with Crippen LogP contribution in [-0.4, -0.2) is 24.4 Å². The van der Waals surface area contributed by atoms with Gasteiger partial charge in [-0.3, -0.25) is 4.79 Å². The van der Waals surface area contributed by atoms with Gasteiger partial charge in [0.15, 0.2) is 6.29 Å². The molecule has 1 amide bonds. The maximum Gasteiger partial charge on any atom is 0.224 e. The molecule has 0 aromatic heterocycles. The van der Waals surface area contributed by atoms with Gasteiger partial charge in [0.05, 0.1) is 0 Å². The Morgan fingerprint density at radius 3 is 2.81 bits per heavy atom. The fraction of sp³-hybridized carbons (Fsp3) is 0.583. The highest BCUT2D eigenvalue weighted by atomic mass is 16.6. The molecule has 2 N–H and O–H groups in total. The van der Waals surface area contributed by atoms with Gasteiger partial charge in [-0.25, -0.2) is 0 Å². The van der Waals surface area contributed by atoms with Crippen LogP contribution in [0.25, 0.3) is 0 Å². The number of aliphatic hydroxyl groups is 1. The van der Waals surface area contributed by atoms with Crippen molar-refractivity contribution in [2.45, 2.75) is 38.9 Å². The number of carbonyl (C=O) groups excluding carboxylic acids is 1. The van der Waals surface area contributed by atoms with Gasteiger partial charge >= 0.3 is 0 Å². The molecule has 4 heteroatoms. The third kappa shape index (κ3) is 3.79. The summed E-state index contributed by atoms with van der Waals surface area (Å²) in [7, 11) is 1.47. The van der Waals surface area contributed by atoms with Crippen LogP contribution in [0.15, 0.2) is 23.4 Å². The van der Waals surface area contributed by atoms with E-state index in [0.29, 0.717) is 12.8 Å². The minimum atomic E-state index is -0.829. The van der Waals surface area contributed by atoms with E-state index in [1.807, 2.05) is 13.0 Å². The number of methoxy groups -OCH3 is 1. The summed E-state index contributed by atoms with van der Waals surface area (Å²) in [6.07, 6.45) is 5.66. The van der Waals surface area contributed by atoms with E-state index in [2.05, 4.69) is 5.32 Å². The molecule has 0 saturated carbocycles. The highest BCUT2D eigenvalue weighted by Gasteiger charge is 2.14. The van der Waals surface area contributed by atoms with Crippen LogP contribution in [0.1, 0.15) is 32.6 Å². The Balaban J connectivity index is 2.51. The highest BCUT2D eigenvalue weighted by molar-refractivity contribution is 5.77. The second kappa shape index (κ2) is 6.45. The lowest BCUT2D eigenvalue weighted by molar-refractivity contribution is -0.120. The van der Waals surface area contributed by atoms with E-state index in [4.69, 9.17) is 4.74 Å². The van der Waals surface area contributed by atoms with Crippen molar-refractivity contribution in [1.29, 1.82) is 0 Å². The Kier molecular flexibility index (Phi) is 5.22. The SMILES string of the molecule is CCCC(=O)NC1=CC=C(C(O)OC)CC1. The molecule has 0 aliphatic heterocycles. The predicted octanol–water partition coefficient (Wildman–Crippen LogP) is 1.47. The Labute approximate surface area is 96.0 Å². The standard InChI is InChI=1S/C12H19NO3/c1-3-4-11(14)13-10-7-5-9(6-8-10)12(15)16-2/h5,7,12,15H,3-4,6,8H2,1-2H3,(H,13,14). The predicted molar refractivity (Wildman–Crippen MR) is 61.5 cm³/mol.